The summed E-state index contributed by atoms with van der Waals surface area (Å²) in [5.74, 6) is 1.11. The average Bonchev–Trinajstić information content (AvgIpc) is 2.57. The highest BCUT2D eigenvalue weighted by atomic mass is 16.5. The number of benzene rings is 2. The number of nitrogens with one attached hydrogen (secondary N) is 2. The van der Waals surface area contributed by atoms with Crippen LogP contribution in [0.5, 0.6) is 11.5 Å². The fourth-order valence-electron chi connectivity index (χ4n) is 2.21. The predicted octanol–water partition coefficient (Wildman–Crippen LogP) is 3.38. The zero-order valence-corrected chi connectivity index (χ0v) is 13.7. The van der Waals surface area contributed by atoms with Crippen molar-refractivity contribution in [2.75, 3.05) is 26.1 Å². The van der Waals surface area contributed by atoms with Crippen molar-refractivity contribution in [1.29, 1.82) is 0 Å². The standard InChI is InChI=1S/C18H22N2O3/c1-13-7-9-14(10-8-13)11-12-19-18(21)20-17-15(22-2)5-4-6-16(17)23-3/h4-10H,11-12H2,1-3H3,(H2,19,20,21). The number of aryl methyl sites for hydroxylation is 1. The number of urea groups is 1. The molecule has 0 aromatic heterocycles. The van der Waals surface area contributed by atoms with E-state index in [2.05, 4.69) is 41.8 Å². The van der Waals surface area contributed by atoms with Gasteiger partial charge in [-0.2, -0.15) is 0 Å². The molecule has 2 aromatic carbocycles. The highest BCUT2D eigenvalue weighted by Crippen LogP contribution is 2.33. The van der Waals surface area contributed by atoms with Gasteiger partial charge in [0.25, 0.3) is 0 Å². The van der Waals surface area contributed by atoms with Crippen LogP contribution in [-0.2, 0) is 6.42 Å². The van der Waals surface area contributed by atoms with Gasteiger partial charge < -0.3 is 20.1 Å². The minimum Gasteiger partial charge on any atom is -0.494 e. The van der Waals surface area contributed by atoms with Gasteiger partial charge in [-0.1, -0.05) is 35.9 Å². The van der Waals surface area contributed by atoms with Crippen molar-refractivity contribution in [2.24, 2.45) is 0 Å². The van der Waals surface area contributed by atoms with Crippen LogP contribution < -0.4 is 20.1 Å². The Morgan fingerprint density at radius 2 is 1.61 bits per heavy atom. The topological polar surface area (TPSA) is 59.6 Å². The molecule has 0 radical (unpaired) electrons. The Morgan fingerprint density at radius 1 is 1.00 bits per heavy atom. The monoisotopic (exact) mass is 314 g/mol. The van der Waals surface area contributed by atoms with Crippen LogP contribution in [0.25, 0.3) is 0 Å². The summed E-state index contributed by atoms with van der Waals surface area (Å²) in [6.45, 7) is 2.60. The molecule has 23 heavy (non-hydrogen) atoms. The molecule has 0 spiro atoms. The summed E-state index contributed by atoms with van der Waals surface area (Å²) in [5, 5.41) is 5.61. The number of amides is 2. The summed E-state index contributed by atoms with van der Waals surface area (Å²) in [4.78, 5) is 12.1. The van der Waals surface area contributed by atoms with Crippen molar-refractivity contribution in [3.05, 3.63) is 53.6 Å². The zero-order chi connectivity index (χ0) is 16.7. The maximum absolute atomic E-state index is 12.1. The third kappa shape index (κ3) is 4.64. The van der Waals surface area contributed by atoms with Gasteiger partial charge in [-0.05, 0) is 31.0 Å². The van der Waals surface area contributed by atoms with E-state index < -0.39 is 0 Å². The third-order valence-electron chi connectivity index (χ3n) is 3.49. The van der Waals surface area contributed by atoms with E-state index in [0.29, 0.717) is 23.7 Å². The molecule has 0 aliphatic rings. The van der Waals surface area contributed by atoms with Gasteiger partial charge in [0.15, 0.2) is 0 Å². The summed E-state index contributed by atoms with van der Waals surface area (Å²) in [5.41, 5.74) is 2.93. The number of methoxy groups -OCH3 is 2. The van der Waals surface area contributed by atoms with E-state index in [9.17, 15) is 4.79 Å². The minimum absolute atomic E-state index is 0.292. The fourth-order valence-corrected chi connectivity index (χ4v) is 2.21. The molecule has 0 aliphatic carbocycles. The van der Waals surface area contributed by atoms with Gasteiger partial charge in [-0.15, -0.1) is 0 Å². The van der Waals surface area contributed by atoms with Gasteiger partial charge >= 0.3 is 6.03 Å². The molecule has 2 aromatic rings. The van der Waals surface area contributed by atoms with Crippen LogP contribution in [0.1, 0.15) is 11.1 Å². The number of hydrogen-bond donors (Lipinski definition) is 2. The van der Waals surface area contributed by atoms with E-state index in [0.717, 1.165) is 6.42 Å². The van der Waals surface area contributed by atoms with E-state index in [-0.39, 0.29) is 6.03 Å². The van der Waals surface area contributed by atoms with Crippen molar-refractivity contribution in [3.8, 4) is 11.5 Å². The molecule has 0 atom stereocenters. The summed E-state index contributed by atoms with van der Waals surface area (Å²) in [6, 6.07) is 13.3. The number of hydrogen-bond acceptors (Lipinski definition) is 3. The number of anilines is 1. The van der Waals surface area contributed by atoms with Crippen molar-refractivity contribution >= 4 is 11.7 Å². The van der Waals surface area contributed by atoms with Crippen LogP contribution >= 0.6 is 0 Å². The first-order valence-electron chi connectivity index (χ1n) is 7.45. The first-order valence-corrected chi connectivity index (χ1v) is 7.45. The summed E-state index contributed by atoms with van der Waals surface area (Å²) >= 11 is 0. The number of para-hydroxylation sites is 1. The van der Waals surface area contributed by atoms with Gasteiger partial charge in [0.05, 0.1) is 14.2 Å². The van der Waals surface area contributed by atoms with E-state index in [4.69, 9.17) is 9.47 Å². The number of carbonyl (C=O) groups is 1. The summed E-state index contributed by atoms with van der Waals surface area (Å²) < 4.78 is 10.5. The smallest absolute Gasteiger partial charge is 0.319 e. The van der Waals surface area contributed by atoms with E-state index in [1.165, 1.54) is 11.1 Å². The molecule has 0 heterocycles. The van der Waals surface area contributed by atoms with Gasteiger partial charge in [-0.25, -0.2) is 4.79 Å². The van der Waals surface area contributed by atoms with Crippen LogP contribution in [0.4, 0.5) is 10.5 Å². The van der Waals surface area contributed by atoms with E-state index >= 15 is 0 Å². The summed E-state index contributed by atoms with van der Waals surface area (Å²) in [7, 11) is 3.10. The van der Waals surface area contributed by atoms with Crippen LogP contribution in [0, 0.1) is 6.92 Å². The van der Waals surface area contributed by atoms with Gasteiger partial charge in [-0.3, -0.25) is 0 Å². The number of rotatable bonds is 6. The lowest BCUT2D eigenvalue weighted by Gasteiger charge is -2.14. The quantitative estimate of drug-likeness (QED) is 0.859. The lowest BCUT2D eigenvalue weighted by atomic mass is 10.1. The van der Waals surface area contributed by atoms with Crippen molar-refractivity contribution in [2.45, 2.75) is 13.3 Å². The highest BCUT2D eigenvalue weighted by Gasteiger charge is 2.12. The first kappa shape index (κ1) is 16.7. The second-order valence-electron chi connectivity index (χ2n) is 5.15. The molecule has 0 saturated heterocycles. The molecule has 0 bridgehead atoms. The molecule has 0 saturated carbocycles. The number of carbonyl (C=O) groups excluding carboxylic acids is 1. The van der Waals surface area contributed by atoms with Crippen LogP contribution in [0.15, 0.2) is 42.5 Å². The maximum atomic E-state index is 12.1. The summed E-state index contributed by atoms with van der Waals surface area (Å²) in [6.07, 6.45) is 0.775. The third-order valence-corrected chi connectivity index (χ3v) is 3.49. The van der Waals surface area contributed by atoms with Crippen molar-refractivity contribution in [1.82, 2.24) is 5.32 Å². The first-order chi connectivity index (χ1) is 11.1. The Hall–Kier alpha value is -2.69. The Morgan fingerprint density at radius 3 is 2.17 bits per heavy atom. The minimum atomic E-state index is -0.292. The number of ether oxygens (including phenoxy) is 2. The molecule has 5 nitrogen and oxygen atoms in total. The molecule has 5 heteroatoms. The lowest BCUT2D eigenvalue weighted by molar-refractivity contribution is 0.252. The van der Waals surface area contributed by atoms with E-state index in [1.54, 1.807) is 32.4 Å². The second-order valence-corrected chi connectivity index (χ2v) is 5.15. The SMILES string of the molecule is COc1cccc(OC)c1NC(=O)NCCc1ccc(C)cc1. The van der Waals surface area contributed by atoms with Gasteiger partial charge in [0.1, 0.15) is 17.2 Å². The highest BCUT2D eigenvalue weighted by molar-refractivity contribution is 5.92. The molecule has 0 unspecified atom stereocenters. The molecule has 0 fully saturated rings. The van der Waals surface area contributed by atoms with Crippen molar-refractivity contribution < 1.29 is 14.3 Å². The van der Waals surface area contributed by atoms with Gasteiger partial charge in [0, 0.05) is 6.54 Å². The second kappa shape index (κ2) is 8.08. The zero-order valence-electron chi connectivity index (χ0n) is 13.7. The van der Waals surface area contributed by atoms with Crippen LogP contribution in [-0.4, -0.2) is 26.8 Å². The molecular weight excluding hydrogens is 292 g/mol. The fraction of sp³-hybridized carbons (Fsp3) is 0.278. The maximum Gasteiger partial charge on any atom is 0.319 e. The molecule has 2 N–H and O–H groups in total. The molecule has 2 amide bonds. The van der Waals surface area contributed by atoms with Crippen molar-refractivity contribution in [3.63, 3.8) is 0 Å². The Labute approximate surface area is 136 Å². The predicted molar refractivity (Wildman–Crippen MR) is 91.5 cm³/mol. The van der Waals surface area contributed by atoms with E-state index in [1.807, 2.05) is 0 Å². The normalized spacial score (nSPS) is 10.0. The lowest BCUT2D eigenvalue weighted by Crippen LogP contribution is -2.30. The average molecular weight is 314 g/mol. The molecule has 0 aliphatic heterocycles. The Kier molecular flexibility index (Phi) is 5.86. The molecule has 2 rings (SSSR count). The molecular formula is C18H22N2O3. The van der Waals surface area contributed by atoms with Crippen LogP contribution in [0.3, 0.4) is 0 Å². The largest absolute Gasteiger partial charge is 0.494 e. The van der Waals surface area contributed by atoms with Crippen LogP contribution in [0.2, 0.25) is 0 Å². The Balaban J connectivity index is 1.91. The Bertz CT molecular complexity index is 632. The van der Waals surface area contributed by atoms with Gasteiger partial charge in [0.2, 0.25) is 0 Å². The molecule has 122 valence electrons.